The summed E-state index contributed by atoms with van der Waals surface area (Å²) in [5.74, 6) is -0.136. The molecule has 8 heteroatoms. The maximum absolute atomic E-state index is 13.5. The molecular weight excluding hydrogens is 444 g/mol. The zero-order chi connectivity index (χ0) is 23.5. The number of Topliss-reactive ketones (excluding diaryl/α,β-unsaturated/α-hetero) is 1. The number of thiophene rings is 1. The van der Waals surface area contributed by atoms with Crippen molar-refractivity contribution >= 4 is 45.1 Å². The van der Waals surface area contributed by atoms with E-state index in [0.29, 0.717) is 38.8 Å². The third-order valence-corrected chi connectivity index (χ3v) is 7.25. The van der Waals surface area contributed by atoms with E-state index in [-0.39, 0.29) is 23.7 Å². The van der Waals surface area contributed by atoms with E-state index < -0.39 is 11.4 Å². The molecule has 32 heavy (non-hydrogen) atoms. The van der Waals surface area contributed by atoms with Crippen molar-refractivity contribution in [3.8, 4) is 0 Å². The van der Waals surface area contributed by atoms with Crippen molar-refractivity contribution in [1.82, 2.24) is 9.55 Å². The van der Waals surface area contributed by atoms with Gasteiger partial charge in [0.05, 0.1) is 17.7 Å². The fourth-order valence-corrected chi connectivity index (χ4v) is 5.43. The highest BCUT2D eigenvalue weighted by atomic mass is 32.2. The lowest BCUT2D eigenvalue weighted by Gasteiger charge is -2.17. The fourth-order valence-electron chi connectivity index (χ4n) is 3.13. The highest BCUT2D eigenvalue weighted by molar-refractivity contribution is 7.99. The van der Waals surface area contributed by atoms with Crippen LogP contribution in [0, 0.1) is 12.3 Å². The Hall–Kier alpha value is -2.45. The molecule has 1 aromatic carbocycles. The lowest BCUT2D eigenvalue weighted by atomic mass is 9.92. The maximum atomic E-state index is 13.5. The molecule has 0 aliphatic rings. The Balaban J connectivity index is 2.05. The zero-order valence-corrected chi connectivity index (χ0v) is 20.7. The molecular formula is C24H28N2O4S2. The number of hydrogen-bond donors (Lipinski definition) is 0. The van der Waals surface area contributed by atoms with E-state index in [1.54, 1.807) is 18.4 Å². The second-order valence-corrected chi connectivity index (χ2v) is 10.4. The first-order chi connectivity index (χ1) is 15.1. The molecule has 0 bridgehead atoms. The zero-order valence-electron chi connectivity index (χ0n) is 19.1. The van der Waals surface area contributed by atoms with Gasteiger partial charge in [-0.15, -0.1) is 11.3 Å². The number of fused-ring (bicyclic) bond motifs is 1. The molecule has 0 fully saturated rings. The van der Waals surface area contributed by atoms with E-state index in [0.717, 1.165) is 5.56 Å². The number of nitrogens with zero attached hydrogens (tertiary/aromatic N) is 2. The second kappa shape index (κ2) is 10.0. The average molecular weight is 473 g/mol. The molecule has 0 aliphatic heterocycles. The molecule has 2 heterocycles. The van der Waals surface area contributed by atoms with E-state index >= 15 is 0 Å². The molecule has 0 radical (unpaired) electrons. The standard InChI is InChI=1S/C24H28N2O4S2/c1-6-30-22(29)19-15(2)18-20(32-19)25-23(31-14-17(27)24(3,4)5)26(21(18)28)13-12-16-10-8-7-9-11-16/h7-11H,6,12-14H2,1-5H3. The van der Waals surface area contributed by atoms with Crippen LogP contribution in [0.15, 0.2) is 40.3 Å². The third-order valence-electron chi connectivity index (χ3n) is 5.11. The first kappa shape index (κ1) is 24.2. The summed E-state index contributed by atoms with van der Waals surface area (Å²) >= 11 is 2.44. The van der Waals surface area contributed by atoms with Crippen LogP contribution < -0.4 is 5.56 Å². The second-order valence-electron chi connectivity index (χ2n) is 8.51. The van der Waals surface area contributed by atoms with Gasteiger partial charge < -0.3 is 4.74 Å². The number of ketones is 1. The number of hydrogen-bond acceptors (Lipinski definition) is 7. The average Bonchev–Trinajstić information content (AvgIpc) is 3.08. The van der Waals surface area contributed by atoms with Crippen molar-refractivity contribution in [2.45, 2.75) is 52.7 Å². The van der Waals surface area contributed by atoms with Gasteiger partial charge in [0.2, 0.25) is 0 Å². The number of benzene rings is 1. The summed E-state index contributed by atoms with van der Waals surface area (Å²) in [6, 6.07) is 9.91. The number of ether oxygens (including phenoxy) is 1. The minimum Gasteiger partial charge on any atom is -0.462 e. The molecule has 0 amide bonds. The number of carbonyl (C=O) groups excluding carboxylic acids is 2. The normalized spacial score (nSPS) is 11.7. The molecule has 0 saturated carbocycles. The summed E-state index contributed by atoms with van der Waals surface area (Å²) in [4.78, 5) is 44.0. The number of aryl methyl sites for hydroxylation is 2. The van der Waals surface area contributed by atoms with Gasteiger partial charge in [0.1, 0.15) is 15.5 Å². The molecule has 3 rings (SSSR count). The van der Waals surface area contributed by atoms with Crippen molar-refractivity contribution in [1.29, 1.82) is 0 Å². The van der Waals surface area contributed by atoms with Gasteiger partial charge in [0.25, 0.3) is 5.56 Å². The summed E-state index contributed by atoms with van der Waals surface area (Å²) in [5, 5.41) is 0.935. The molecule has 0 aliphatic carbocycles. The van der Waals surface area contributed by atoms with Crippen LogP contribution in [-0.4, -0.2) is 33.7 Å². The van der Waals surface area contributed by atoms with E-state index in [9.17, 15) is 14.4 Å². The Labute approximate surface area is 196 Å². The highest BCUT2D eigenvalue weighted by Gasteiger charge is 2.25. The van der Waals surface area contributed by atoms with E-state index in [1.807, 2.05) is 51.1 Å². The maximum Gasteiger partial charge on any atom is 0.348 e. The van der Waals surface area contributed by atoms with Gasteiger partial charge >= 0.3 is 5.97 Å². The van der Waals surface area contributed by atoms with E-state index in [4.69, 9.17) is 9.72 Å². The molecule has 6 nitrogen and oxygen atoms in total. The van der Waals surface area contributed by atoms with Crippen LogP contribution in [-0.2, 0) is 22.5 Å². The van der Waals surface area contributed by atoms with E-state index in [2.05, 4.69) is 0 Å². The summed E-state index contributed by atoms with van der Waals surface area (Å²) in [5.41, 5.74) is 1.04. The highest BCUT2D eigenvalue weighted by Crippen LogP contribution is 2.30. The minimum absolute atomic E-state index is 0.0843. The number of esters is 1. The summed E-state index contributed by atoms with van der Waals surface area (Å²) in [6.45, 7) is 9.83. The Morgan fingerprint density at radius 1 is 1.19 bits per heavy atom. The lowest BCUT2D eigenvalue weighted by molar-refractivity contribution is -0.123. The molecule has 0 spiro atoms. The van der Waals surface area contributed by atoms with Crippen molar-refractivity contribution in [2.24, 2.45) is 5.41 Å². The smallest absolute Gasteiger partial charge is 0.348 e. The quantitative estimate of drug-likeness (QED) is 0.264. The molecule has 2 aromatic heterocycles. The molecule has 0 atom stereocenters. The minimum atomic E-state index is -0.469. The van der Waals surface area contributed by atoms with Crippen molar-refractivity contribution in [3.05, 3.63) is 56.7 Å². The van der Waals surface area contributed by atoms with Crippen molar-refractivity contribution in [2.75, 3.05) is 12.4 Å². The largest absolute Gasteiger partial charge is 0.462 e. The van der Waals surface area contributed by atoms with Gasteiger partial charge in [-0.05, 0) is 31.4 Å². The summed E-state index contributed by atoms with van der Waals surface area (Å²) in [7, 11) is 0. The molecule has 0 saturated heterocycles. The Morgan fingerprint density at radius 3 is 2.50 bits per heavy atom. The van der Waals surface area contributed by atoms with Crippen LogP contribution in [0.3, 0.4) is 0 Å². The van der Waals surface area contributed by atoms with Crippen LogP contribution in [0.2, 0.25) is 0 Å². The Kier molecular flexibility index (Phi) is 7.56. The van der Waals surface area contributed by atoms with Gasteiger partial charge in [-0.1, -0.05) is 62.9 Å². The summed E-state index contributed by atoms with van der Waals surface area (Å²) < 4.78 is 6.77. The van der Waals surface area contributed by atoms with Gasteiger partial charge in [-0.3, -0.25) is 14.2 Å². The monoisotopic (exact) mass is 472 g/mol. The Morgan fingerprint density at radius 2 is 1.88 bits per heavy atom. The number of rotatable bonds is 8. The molecule has 0 unspecified atom stereocenters. The van der Waals surface area contributed by atoms with Crippen LogP contribution in [0.4, 0.5) is 0 Å². The third kappa shape index (κ3) is 5.30. The van der Waals surface area contributed by atoms with Gasteiger partial charge in [0.15, 0.2) is 5.16 Å². The predicted molar refractivity (Wildman–Crippen MR) is 130 cm³/mol. The molecule has 0 N–H and O–H groups in total. The number of aromatic nitrogens is 2. The van der Waals surface area contributed by atoms with Crippen LogP contribution in [0.1, 0.15) is 48.5 Å². The summed E-state index contributed by atoms with van der Waals surface area (Å²) in [6.07, 6.45) is 0.655. The van der Waals surface area contributed by atoms with Crippen molar-refractivity contribution in [3.63, 3.8) is 0 Å². The number of carbonyl (C=O) groups is 2. The van der Waals surface area contributed by atoms with Gasteiger partial charge in [-0.25, -0.2) is 9.78 Å². The van der Waals surface area contributed by atoms with Gasteiger partial charge in [-0.2, -0.15) is 0 Å². The van der Waals surface area contributed by atoms with Crippen LogP contribution in [0.25, 0.3) is 10.2 Å². The van der Waals surface area contributed by atoms with Crippen molar-refractivity contribution < 1.29 is 14.3 Å². The first-order valence-electron chi connectivity index (χ1n) is 10.5. The predicted octanol–water partition coefficient (Wildman–Crippen LogP) is 4.89. The lowest BCUT2D eigenvalue weighted by Crippen LogP contribution is -2.26. The first-order valence-corrected chi connectivity index (χ1v) is 12.3. The topological polar surface area (TPSA) is 78.3 Å². The Bertz CT molecular complexity index is 1190. The fraction of sp³-hybridized carbons (Fsp3) is 0.417. The SMILES string of the molecule is CCOC(=O)c1sc2nc(SCC(=O)C(C)(C)C)n(CCc3ccccc3)c(=O)c2c1C. The van der Waals surface area contributed by atoms with Crippen LogP contribution >= 0.6 is 23.1 Å². The van der Waals surface area contributed by atoms with E-state index in [1.165, 1.54) is 23.1 Å². The van der Waals surface area contributed by atoms with Crippen LogP contribution in [0.5, 0.6) is 0 Å². The molecule has 3 aromatic rings. The number of thioether (sulfide) groups is 1. The molecule has 170 valence electrons. The van der Waals surface area contributed by atoms with Gasteiger partial charge in [0, 0.05) is 12.0 Å².